The molecule has 7 heteroatoms. The lowest BCUT2D eigenvalue weighted by Crippen LogP contribution is -2.48. The molecule has 0 spiro atoms. The highest BCUT2D eigenvalue weighted by Crippen LogP contribution is 2.31. The fourth-order valence-corrected chi connectivity index (χ4v) is 3.23. The molecular formula is C16H19N3O3S. The maximum atomic E-state index is 12.2. The summed E-state index contributed by atoms with van der Waals surface area (Å²) >= 11 is 1.47. The highest BCUT2D eigenvalue weighted by Gasteiger charge is 2.22. The van der Waals surface area contributed by atoms with E-state index in [-0.39, 0.29) is 11.9 Å². The third kappa shape index (κ3) is 3.69. The Bertz CT molecular complexity index is 678. The zero-order valence-electron chi connectivity index (χ0n) is 13.1. The second-order valence-electron chi connectivity index (χ2n) is 5.22. The second-order valence-corrected chi connectivity index (χ2v) is 6.43. The fraction of sp³-hybridized carbons (Fsp3) is 0.375. The van der Waals surface area contributed by atoms with Crippen LogP contribution in [-0.2, 0) is 9.53 Å². The Morgan fingerprint density at radius 2 is 2.22 bits per heavy atom. The van der Waals surface area contributed by atoms with E-state index in [9.17, 15) is 4.79 Å². The Morgan fingerprint density at radius 1 is 1.43 bits per heavy atom. The highest BCUT2D eigenvalue weighted by molar-refractivity contribution is 7.16. The van der Waals surface area contributed by atoms with Gasteiger partial charge in [0.25, 0.3) is 0 Å². The van der Waals surface area contributed by atoms with Gasteiger partial charge in [-0.3, -0.25) is 4.79 Å². The summed E-state index contributed by atoms with van der Waals surface area (Å²) in [5.74, 6) is 0.693. The molecule has 1 atom stereocenters. The number of anilines is 1. The molecule has 2 N–H and O–H groups in total. The number of methoxy groups -OCH3 is 1. The topological polar surface area (TPSA) is 72.5 Å². The van der Waals surface area contributed by atoms with E-state index in [1.54, 1.807) is 7.11 Å². The van der Waals surface area contributed by atoms with Crippen LogP contribution in [0.25, 0.3) is 11.3 Å². The number of thiazole rings is 1. The number of amides is 1. The standard InChI is InChI=1S/C16H19N3O3S/c1-10-14(11-3-5-12(21-2)6-4-11)18-16(23-10)19-15(20)13-9-22-8-7-17-13/h3-6,13,17H,7-9H2,1-2H3,(H,18,19,20). The number of rotatable bonds is 4. The van der Waals surface area contributed by atoms with E-state index in [1.165, 1.54) is 11.3 Å². The van der Waals surface area contributed by atoms with Crippen molar-refractivity contribution >= 4 is 22.4 Å². The first-order chi connectivity index (χ1) is 11.2. The van der Waals surface area contributed by atoms with Gasteiger partial charge in [-0.1, -0.05) is 0 Å². The summed E-state index contributed by atoms with van der Waals surface area (Å²) in [5.41, 5.74) is 1.87. The van der Waals surface area contributed by atoms with Crippen LogP contribution in [0, 0.1) is 6.92 Å². The zero-order valence-corrected chi connectivity index (χ0v) is 13.9. The van der Waals surface area contributed by atoms with Crippen molar-refractivity contribution in [2.45, 2.75) is 13.0 Å². The van der Waals surface area contributed by atoms with Crippen LogP contribution in [0.1, 0.15) is 4.88 Å². The van der Waals surface area contributed by atoms with Crippen molar-refractivity contribution in [2.24, 2.45) is 0 Å². The van der Waals surface area contributed by atoms with E-state index in [4.69, 9.17) is 9.47 Å². The maximum Gasteiger partial charge on any atom is 0.245 e. The summed E-state index contributed by atoms with van der Waals surface area (Å²) in [6.07, 6.45) is 0. The molecule has 3 rings (SSSR count). The molecule has 1 amide bonds. The quantitative estimate of drug-likeness (QED) is 0.896. The van der Waals surface area contributed by atoms with Crippen molar-refractivity contribution in [1.82, 2.24) is 10.3 Å². The van der Waals surface area contributed by atoms with Gasteiger partial charge in [-0.05, 0) is 31.2 Å². The molecule has 1 aliphatic heterocycles. The van der Waals surface area contributed by atoms with E-state index < -0.39 is 0 Å². The van der Waals surface area contributed by atoms with Crippen molar-refractivity contribution in [1.29, 1.82) is 0 Å². The number of aryl methyl sites for hydroxylation is 1. The van der Waals surface area contributed by atoms with Crippen LogP contribution in [0.15, 0.2) is 24.3 Å². The number of hydrogen-bond donors (Lipinski definition) is 2. The van der Waals surface area contributed by atoms with E-state index in [2.05, 4.69) is 15.6 Å². The first kappa shape index (κ1) is 15.9. The largest absolute Gasteiger partial charge is 0.497 e. The van der Waals surface area contributed by atoms with Gasteiger partial charge in [-0.2, -0.15) is 0 Å². The molecule has 1 unspecified atom stereocenters. The van der Waals surface area contributed by atoms with Crippen molar-refractivity contribution < 1.29 is 14.3 Å². The Balaban J connectivity index is 1.73. The van der Waals surface area contributed by atoms with E-state index in [1.807, 2.05) is 31.2 Å². The van der Waals surface area contributed by atoms with Gasteiger partial charge in [0, 0.05) is 17.0 Å². The normalized spacial score (nSPS) is 17.7. The smallest absolute Gasteiger partial charge is 0.245 e. The van der Waals surface area contributed by atoms with Crippen LogP contribution in [0.3, 0.4) is 0 Å². The molecule has 6 nitrogen and oxygen atoms in total. The van der Waals surface area contributed by atoms with Crippen molar-refractivity contribution in [3.8, 4) is 17.0 Å². The van der Waals surface area contributed by atoms with Crippen molar-refractivity contribution in [3.05, 3.63) is 29.1 Å². The Morgan fingerprint density at radius 3 is 2.87 bits per heavy atom. The predicted octanol–water partition coefficient (Wildman–Crippen LogP) is 2.05. The molecule has 1 aromatic heterocycles. The average molecular weight is 333 g/mol. The second kappa shape index (κ2) is 7.08. The number of aromatic nitrogens is 1. The van der Waals surface area contributed by atoms with Crippen LogP contribution in [-0.4, -0.2) is 43.8 Å². The van der Waals surface area contributed by atoms with Gasteiger partial charge in [0.15, 0.2) is 5.13 Å². The Hall–Kier alpha value is -1.96. The third-order valence-electron chi connectivity index (χ3n) is 3.63. The minimum absolute atomic E-state index is 0.111. The van der Waals surface area contributed by atoms with Crippen molar-refractivity contribution in [2.75, 3.05) is 32.2 Å². The van der Waals surface area contributed by atoms with E-state index >= 15 is 0 Å². The molecule has 0 radical (unpaired) electrons. The summed E-state index contributed by atoms with van der Waals surface area (Å²) < 4.78 is 10.5. The van der Waals surface area contributed by atoms with Crippen LogP contribution in [0.5, 0.6) is 5.75 Å². The van der Waals surface area contributed by atoms with Gasteiger partial charge in [0.2, 0.25) is 5.91 Å². The number of nitrogens with zero attached hydrogens (tertiary/aromatic N) is 1. The van der Waals surface area contributed by atoms with Gasteiger partial charge >= 0.3 is 0 Å². The Kier molecular flexibility index (Phi) is 4.90. The number of carbonyl (C=O) groups excluding carboxylic acids is 1. The zero-order chi connectivity index (χ0) is 16.2. The lowest BCUT2D eigenvalue weighted by atomic mass is 10.1. The number of benzene rings is 1. The first-order valence-corrected chi connectivity index (χ1v) is 8.23. The maximum absolute atomic E-state index is 12.2. The lowest BCUT2D eigenvalue weighted by molar-refractivity contribution is -0.120. The van der Waals surface area contributed by atoms with Crippen LogP contribution >= 0.6 is 11.3 Å². The van der Waals surface area contributed by atoms with Crippen molar-refractivity contribution in [3.63, 3.8) is 0 Å². The number of hydrogen-bond acceptors (Lipinski definition) is 6. The first-order valence-electron chi connectivity index (χ1n) is 7.41. The average Bonchev–Trinajstić information content (AvgIpc) is 2.96. The predicted molar refractivity (Wildman–Crippen MR) is 90.1 cm³/mol. The molecule has 1 aliphatic rings. The van der Waals surface area contributed by atoms with Gasteiger partial charge in [-0.15, -0.1) is 11.3 Å². The van der Waals surface area contributed by atoms with Gasteiger partial charge in [0.1, 0.15) is 11.8 Å². The molecular weight excluding hydrogens is 314 g/mol. The summed E-state index contributed by atoms with van der Waals surface area (Å²) in [4.78, 5) is 17.8. The molecule has 1 aromatic carbocycles. The number of morpholine rings is 1. The fourth-order valence-electron chi connectivity index (χ4n) is 2.39. The van der Waals surface area contributed by atoms with Crippen LogP contribution in [0.2, 0.25) is 0 Å². The molecule has 23 heavy (non-hydrogen) atoms. The number of nitrogens with one attached hydrogen (secondary N) is 2. The summed E-state index contributed by atoms with van der Waals surface area (Å²) in [7, 11) is 1.64. The molecule has 122 valence electrons. The van der Waals surface area contributed by atoms with Gasteiger partial charge in [0.05, 0.1) is 26.0 Å². The van der Waals surface area contributed by atoms with Crippen LogP contribution in [0.4, 0.5) is 5.13 Å². The number of ether oxygens (including phenoxy) is 2. The molecule has 1 saturated heterocycles. The van der Waals surface area contributed by atoms with E-state index in [0.717, 1.165) is 21.9 Å². The third-order valence-corrected chi connectivity index (χ3v) is 4.51. The molecule has 0 aliphatic carbocycles. The molecule has 1 fully saturated rings. The summed E-state index contributed by atoms with van der Waals surface area (Å²) in [6, 6.07) is 7.40. The molecule has 2 aromatic rings. The molecule has 0 bridgehead atoms. The molecule has 2 heterocycles. The summed E-state index contributed by atoms with van der Waals surface area (Å²) in [6.45, 7) is 3.71. The molecule has 0 saturated carbocycles. The minimum atomic E-state index is -0.322. The van der Waals surface area contributed by atoms with Gasteiger partial charge < -0.3 is 20.1 Å². The minimum Gasteiger partial charge on any atom is -0.497 e. The highest BCUT2D eigenvalue weighted by atomic mass is 32.1. The Labute approximate surface area is 138 Å². The van der Waals surface area contributed by atoms with Gasteiger partial charge in [-0.25, -0.2) is 4.98 Å². The van der Waals surface area contributed by atoms with E-state index in [0.29, 0.717) is 24.9 Å². The monoisotopic (exact) mass is 333 g/mol. The lowest BCUT2D eigenvalue weighted by Gasteiger charge is -2.22. The van der Waals surface area contributed by atoms with Crippen LogP contribution < -0.4 is 15.4 Å². The number of carbonyl (C=O) groups is 1. The summed E-state index contributed by atoms with van der Waals surface area (Å²) in [5, 5.41) is 6.60. The SMILES string of the molecule is COc1ccc(-c2nc(NC(=O)C3COCCN3)sc2C)cc1.